The average Bonchev–Trinajstić information content (AvgIpc) is 3.73. The molecule has 0 saturated carbocycles. The van der Waals surface area contributed by atoms with Gasteiger partial charge in [-0.1, -0.05) is 64.5 Å². The third kappa shape index (κ3) is 6.69. The van der Waals surface area contributed by atoms with Crippen molar-refractivity contribution in [1.82, 2.24) is 9.97 Å². The maximum absolute atomic E-state index is 5.20. The second kappa shape index (κ2) is 13.4. The molecule has 0 aliphatic rings. The fraction of sp³-hybridized carbons (Fsp3) is 0.400. The fourth-order valence-electron chi connectivity index (χ4n) is 4.46. The van der Waals surface area contributed by atoms with Crippen LogP contribution in [0.25, 0.3) is 39.3 Å². The minimum Gasteiger partial charge on any atom is -0.240 e. The zero-order chi connectivity index (χ0) is 25.5. The molecule has 0 saturated heterocycles. The minimum absolute atomic E-state index is 1.06. The number of unbranched alkanes of at least 4 members (excludes halogenated alkanes) is 6. The second-order valence-corrected chi connectivity index (χ2v) is 14.3. The Bertz CT molecular complexity index is 1360. The first-order valence-electron chi connectivity index (χ1n) is 13.4. The zero-order valence-corrected chi connectivity index (χ0v) is 25.7. The van der Waals surface area contributed by atoms with Crippen LogP contribution in [-0.4, -0.2) is 9.97 Å². The van der Waals surface area contributed by atoms with Crippen molar-refractivity contribution in [2.24, 2.45) is 0 Å². The van der Waals surface area contributed by atoms with Gasteiger partial charge in [0.05, 0.1) is 30.9 Å². The van der Waals surface area contributed by atoms with E-state index < -0.39 is 0 Å². The first-order valence-corrected chi connectivity index (χ1v) is 17.7. The first-order chi connectivity index (χ1) is 18.3. The maximum Gasteiger partial charge on any atom is 0.134 e. The molecule has 0 amide bonds. The van der Waals surface area contributed by atoms with Crippen molar-refractivity contribution in [2.75, 3.05) is 0 Å². The van der Waals surface area contributed by atoms with Crippen molar-refractivity contribution in [3.8, 4) is 39.3 Å². The summed E-state index contributed by atoms with van der Waals surface area (Å²) in [4.78, 5) is 18.3. The van der Waals surface area contributed by atoms with Crippen LogP contribution < -0.4 is 0 Å². The molecule has 0 fully saturated rings. The molecule has 0 N–H and O–H groups in total. The molecule has 5 aromatic heterocycles. The van der Waals surface area contributed by atoms with Crippen LogP contribution in [0.1, 0.15) is 76.6 Å². The normalized spacial score (nSPS) is 11.5. The van der Waals surface area contributed by atoms with E-state index in [0.29, 0.717) is 0 Å². The summed E-state index contributed by atoms with van der Waals surface area (Å²) in [5.74, 6) is 0. The predicted octanol–water partition coefficient (Wildman–Crippen LogP) is 11.7. The molecule has 0 aliphatic carbocycles. The summed E-state index contributed by atoms with van der Waals surface area (Å²) < 4.78 is 0. The molecule has 0 bridgehead atoms. The molecule has 5 heterocycles. The van der Waals surface area contributed by atoms with E-state index in [-0.39, 0.29) is 0 Å². The van der Waals surface area contributed by atoms with Gasteiger partial charge < -0.3 is 0 Å². The van der Waals surface area contributed by atoms with Gasteiger partial charge in [0, 0.05) is 9.75 Å². The summed E-state index contributed by atoms with van der Waals surface area (Å²) >= 11 is 9.22. The number of rotatable bonds is 14. The lowest BCUT2D eigenvalue weighted by molar-refractivity contribution is 0.662. The highest BCUT2D eigenvalue weighted by Crippen LogP contribution is 2.45. The highest BCUT2D eigenvalue weighted by Gasteiger charge is 2.20. The summed E-state index contributed by atoms with van der Waals surface area (Å²) in [6, 6.07) is 13.3. The Morgan fingerprint density at radius 1 is 0.541 bits per heavy atom. The Labute approximate surface area is 241 Å². The van der Waals surface area contributed by atoms with Crippen molar-refractivity contribution in [3.05, 3.63) is 58.5 Å². The molecule has 194 valence electrons. The molecule has 0 atom stereocenters. The van der Waals surface area contributed by atoms with E-state index in [1.807, 2.05) is 45.3 Å². The van der Waals surface area contributed by atoms with Gasteiger partial charge in [0.25, 0.3) is 0 Å². The Hall–Kier alpha value is -1.64. The first kappa shape index (κ1) is 26.9. The van der Waals surface area contributed by atoms with Crippen LogP contribution in [0.3, 0.4) is 0 Å². The Kier molecular flexibility index (Phi) is 9.78. The summed E-state index contributed by atoms with van der Waals surface area (Å²) in [7, 11) is 0. The Balaban J connectivity index is 1.43. The summed E-state index contributed by atoms with van der Waals surface area (Å²) in [6.07, 6.45) is 12.3. The van der Waals surface area contributed by atoms with E-state index in [1.165, 1.54) is 92.0 Å². The number of nitrogens with zero attached hydrogens (tertiary/aromatic N) is 2. The van der Waals surface area contributed by atoms with Crippen molar-refractivity contribution in [1.29, 1.82) is 0 Å². The number of thiazole rings is 2. The van der Waals surface area contributed by atoms with Gasteiger partial charge in [-0.3, -0.25) is 0 Å². The monoisotopic (exact) mass is 582 g/mol. The van der Waals surface area contributed by atoms with Crippen LogP contribution in [0, 0.1) is 0 Å². The van der Waals surface area contributed by atoms with Gasteiger partial charge in [0.15, 0.2) is 0 Å². The largest absolute Gasteiger partial charge is 0.240 e. The van der Waals surface area contributed by atoms with E-state index in [9.17, 15) is 0 Å². The van der Waals surface area contributed by atoms with Crippen LogP contribution in [-0.2, 0) is 12.8 Å². The smallest absolute Gasteiger partial charge is 0.134 e. The average molecular weight is 583 g/mol. The van der Waals surface area contributed by atoms with E-state index in [0.717, 1.165) is 22.9 Å². The van der Waals surface area contributed by atoms with Crippen LogP contribution in [0.5, 0.6) is 0 Å². The number of thiophene rings is 3. The van der Waals surface area contributed by atoms with E-state index >= 15 is 0 Å². The van der Waals surface area contributed by atoms with Gasteiger partial charge in [-0.2, -0.15) is 0 Å². The molecule has 2 nitrogen and oxygen atoms in total. The molecule has 7 heteroatoms. The van der Waals surface area contributed by atoms with Gasteiger partial charge in [0.2, 0.25) is 0 Å². The number of hydrogen-bond acceptors (Lipinski definition) is 7. The molecule has 5 aromatic rings. The van der Waals surface area contributed by atoms with E-state index in [4.69, 9.17) is 9.97 Å². The predicted molar refractivity (Wildman–Crippen MR) is 169 cm³/mol. The molecule has 0 aliphatic heterocycles. The molecule has 5 rings (SSSR count). The minimum atomic E-state index is 1.06. The molecular formula is C30H34N2S5. The van der Waals surface area contributed by atoms with Gasteiger partial charge >= 0.3 is 0 Å². The van der Waals surface area contributed by atoms with Gasteiger partial charge in [-0.05, 0) is 60.7 Å². The SMILES string of the molecule is CCCCCCc1nc(-c2ccc(-c3sc(-c4cccs4)nc3CCCCCC)s2)sc1-c1cccs1. The number of aromatic nitrogens is 2. The number of aryl methyl sites for hydroxylation is 2. The van der Waals surface area contributed by atoms with Crippen LogP contribution in [0.2, 0.25) is 0 Å². The lowest BCUT2D eigenvalue weighted by atomic mass is 10.1. The highest BCUT2D eigenvalue weighted by atomic mass is 32.1. The molecule has 0 radical (unpaired) electrons. The van der Waals surface area contributed by atoms with E-state index in [2.05, 4.69) is 61.0 Å². The number of hydrogen-bond donors (Lipinski definition) is 0. The van der Waals surface area contributed by atoms with Crippen LogP contribution >= 0.6 is 56.7 Å². The molecule has 0 spiro atoms. The Morgan fingerprint density at radius 2 is 1.08 bits per heavy atom. The fourth-order valence-corrected chi connectivity index (χ4v) is 9.55. The zero-order valence-electron chi connectivity index (χ0n) is 21.6. The van der Waals surface area contributed by atoms with Crippen molar-refractivity contribution in [3.63, 3.8) is 0 Å². The second-order valence-electron chi connectivity index (χ2n) is 9.33. The highest BCUT2D eigenvalue weighted by molar-refractivity contribution is 7.29. The lowest BCUT2D eigenvalue weighted by Gasteiger charge is -2.00. The summed E-state index contributed by atoms with van der Waals surface area (Å²) in [5, 5.41) is 6.65. The van der Waals surface area contributed by atoms with Crippen LogP contribution in [0.15, 0.2) is 47.2 Å². The molecule has 0 unspecified atom stereocenters. The lowest BCUT2D eigenvalue weighted by Crippen LogP contribution is -1.89. The maximum atomic E-state index is 5.20. The molecule has 0 aromatic carbocycles. The van der Waals surface area contributed by atoms with Crippen molar-refractivity contribution in [2.45, 2.75) is 78.1 Å². The Morgan fingerprint density at radius 3 is 1.65 bits per heavy atom. The van der Waals surface area contributed by atoms with Gasteiger partial charge in [-0.15, -0.1) is 56.7 Å². The van der Waals surface area contributed by atoms with E-state index in [1.54, 1.807) is 11.3 Å². The topological polar surface area (TPSA) is 25.8 Å². The van der Waals surface area contributed by atoms with Crippen LogP contribution in [0.4, 0.5) is 0 Å². The molecule has 37 heavy (non-hydrogen) atoms. The standard InChI is InChI=1S/C30H34N2S5/c1-3-5-7-9-13-21-27(23-15-11-19-33-23)36-30(32-21)26-18-17-24(35-26)28-22(14-10-8-6-4-2)31-29(37-28)25-16-12-20-34-25/h11-12,15-20H,3-10,13-14H2,1-2H3. The summed E-state index contributed by atoms with van der Waals surface area (Å²) in [5.41, 5.74) is 2.55. The van der Waals surface area contributed by atoms with Gasteiger partial charge in [-0.25, -0.2) is 9.97 Å². The van der Waals surface area contributed by atoms with Gasteiger partial charge in [0.1, 0.15) is 10.0 Å². The molecular weight excluding hydrogens is 549 g/mol. The van der Waals surface area contributed by atoms with Crippen molar-refractivity contribution >= 4 is 56.7 Å². The third-order valence-corrected chi connectivity index (χ3v) is 12.2. The van der Waals surface area contributed by atoms with Crippen molar-refractivity contribution < 1.29 is 0 Å². The quantitative estimate of drug-likeness (QED) is 0.122. The summed E-state index contributed by atoms with van der Waals surface area (Å²) in [6.45, 7) is 4.55. The third-order valence-electron chi connectivity index (χ3n) is 6.45.